The van der Waals surface area contributed by atoms with Gasteiger partial charge in [-0.2, -0.15) is 0 Å². The molecule has 4 heteroatoms. The van der Waals surface area contributed by atoms with Crippen LogP contribution in [-0.4, -0.2) is 16.9 Å². The highest BCUT2D eigenvalue weighted by atomic mass is 16.4. The largest absolute Gasteiger partial charge is 0.478 e. The van der Waals surface area contributed by atoms with Crippen LogP contribution in [0.5, 0.6) is 0 Å². The van der Waals surface area contributed by atoms with Crippen molar-refractivity contribution in [1.82, 2.24) is 0 Å². The zero-order chi connectivity index (χ0) is 16.1. The Morgan fingerprint density at radius 3 is 2.18 bits per heavy atom. The predicted molar refractivity (Wildman–Crippen MR) is 85.5 cm³/mol. The van der Waals surface area contributed by atoms with Crippen LogP contribution in [-0.2, 0) is 4.79 Å². The third kappa shape index (κ3) is 3.90. The first-order valence-corrected chi connectivity index (χ1v) is 6.85. The minimum Gasteiger partial charge on any atom is -0.478 e. The Hall–Kier alpha value is -2.72. The summed E-state index contributed by atoms with van der Waals surface area (Å²) < 4.78 is 0. The van der Waals surface area contributed by atoms with Crippen LogP contribution in [0.25, 0.3) is 6.08 Å². The van der Waals surface area contributed by atoms with E-state index in [1.54, 1.807) is 18.2 Å². The summed E-state index contributed by atoms with van der Waals surface area (Å²) in [7, 11) is 0. The highest BCUT2D eigenvalue weighted by molar-refractivity contribution is 5.98. The topological polar surface area (TPSA) is 80.4 Å². The van der Waals surface area contributed by atoms with Crippen molar-refractivity contribution in [3.05, 3.63) is 76.9 Å². The van der Waals surface area contributed by atoms with E-state index in [0.29, 0.717) is 5.56 Å². The molecule has 0 aliphatic carbocycles. The lowest BCUT2D eigenvalue weighted by atomic mass is 10.0. The van der Waals surface area contributed by atoms with Crippen molar-refractivity contribution >= 4 is 17.8 Å². The molecule has 0 saturated heterocycles. The maximum absolute atomic E-state index is 12.1. The smallest absolute Gasteiger partial charge is 0.335 e. The molecule has 0 saturated carbocycles. The second-order valence-electron chi connectivity index (χ2n) is 5.05. The summed E-state index contributed by atoms with van der Waals surface area (Å²) in [5.74, 6) is -1.24. The van der Waals surface area contributed by atoms with Crippen LogP contribution in [0.1, 0.15) is 33.1 Å². The summed E-state index contributed by atoms with van der Waals surface area (Å²) in [5, 5.41) is 8.84. The van der Waals surface area contributed by atoms with Gasteiger partial charge in [-0.1, -0.05) is 48.0 Å². The van der Waals surface area contributed by atoms with Crippen molar-refractivity contribution in [2.75, 3.05) is 0 Å². The van der Waals surface area contributed by atoms with Gasteiger partial charge in [0, 0.05) is 0 Å². The van der Waals surface area contributed by atoms with Gasteiger partial charge in [-0.15, -0.1) is 0 Å². The van der Waals surface area contributed by atoms with Gasteiger partial charge < -0.3 is 10.8 Å². The van der Waals surface area contributed by atoms with E-state index in [0.717, 1.165) is 11.1 Å². The first-order valence-electron chi connectivity index (χ1n) is 6.85. The third-order valence-electron chi connectivity index (χ3n) is 3.34. The highest BCUT2D eigenvalue weighted by Crippen LogP contribution is 2.14. The third-order valence-corrected chi connectivity index (χ3v) is 3.34. The summed E-state index contributed by atoms with van der Waals surface area (Å²) in [5.41, 5.74) is 8.73. The molecule has 0 bridgehead atoms. The van der Waals surface area contributed by atoms with E-state index >= 15 is 0 Å². The standard InChI is InChI=1S/C18H17NO3/c1-12-2-4-13(5-3-12)6-11-16(20)17(19)14-7-9-15(10-8-14)18(21)22/h2-11,17H,19H2,1H3,(H,21,22)/b11-6+. The number of benzene rings is 2. The average molecular weight is 295 g/mol. The number of rotatable bonds is 5. The van der Waals surface area contributed by atoms with E-state index in [2.05, 4.69) is 0 Å². The highest BCUT2D eigenvalue weighted by Gasteiger charge is 2.13. The Kier molecular flexibility index (Phi) is 4.86. The van der Waals surface area contributed by atoms with Crippen LogP contribution >= 0.6 is 0 Å². The van der Waals surface area contributed by atoms with Gasteiger partial charge in [0.25, 0.3) is 0 Å². The molecule has 0 aromatic heterocycles. The summed E-state index contributed by atoms with van der Waals surface area (Å²) in [6.07, 6.45) is 3.16. The monoisotopic (exact) mass is 295 g/mol. The molecule has 22 heavy (non-hydrogen) atoms. The van der Waals surface area contributed by atoms with E-state index in [9.17, 15) is 9.59 Å². The molecular weight excluding hydrogens is 278 g/mol. The lowest BCUT2D eigenvalue weighted by Gasteiger charge is -2.08. The van der Waals surface area contributed by atoms with Gasteiger partial charge in [0.05, 0.1) is 11.6 Å². The molecule has 0 spiro atoms. The molecular formula is C18H17NO3. The zero-order valence-corrected chi connectivity index (χ0v) is 12.2. The van der Waals surface area contributed by atoms with Crippen molar-refractivity contribution in [1.29, 1.82) is 0 Å². The van der Waals surface area contributed by atoms with Gasteiger partial charge in [0.2, 0.25) is 0 Å². The van der Waals surface area contributed by atoms with Crippen molar-refractivity contribution < 1.29 is 14.7 Å². The number of hydrogen-bond donors (Lipinski definition) is 2. The SMILES string of the molecule is Cc1ccc(/C=C/C(=O)C(N)c2ccc(C(=O)O)cc2)cc1. The van der Waals surface area contributed by atoms with E-state index in [1.165, 1.54) is 18.2 Å². The van der Waals surface area contributed by atoms with Gasteiger partial charge in [0.1, 0.15) is 0 Å². The van der Waals surface area contributed by atoms with Crippen LogP contribution in [0.4, 0.5) is 0 Å². The normalized spacial score (nSPS) is 12.3. The molecule has 2 aromatic carbocycles. The fourth-order valence-electron chi connectivity index (χ4n) is 1.96. The summed E-state index contributed by atoms with van der Waals surface area (Å²) in [4.78, 5) is 22.9. The summed E-state index contributed by atoms with van der Waals surface area (Å²) in [6, 6.07) is 13.0. The first kappa shape index (κ1) is 15.7. The number of carboxylic acids is 1. The van der Waals surface area contributed by atoms with Gasteiger partial charge in [0.15, 0.2) is 5.78 Å². The van der Waals surface area contributed by atoms with E-state index in [4.69, 9.17) is 10.8 Å². The molecule has 0 aliphatic heterocycles. The van der Waals surface area contributed by atoms with E-state index < -0.39 is 12.0 Å². The maximum atomic E-state index is 12.1. The van der Waals surface area contributed by atoms with Crippen molar-refractivity contribution in [3.8, 4) is 0 Å². The van der Waals surface area contributed by atoms with Gasteiger partial charge in [-0.25, -0.2) is 4.79 Å². The van der Waals surface area contributed by atoms with Crippen molar-refractivity contribution in [2.24, 2.45) is 5.73 Å². The quantitative estimate of drug-likeness (QED) is 0.831. The van der Waals surface area contributed by atoms with Crippen LogP contribution in [0, 0.1) is 6.92 Å². The number of carbonyl (C=O) groups is 2. The van der Waals surface area contributed by atoms with Crippen molar-refractivity contribution in [3.63, 3.8) is 0 Å². The molecule has 112 valence electrons. The minimum atomic E-state index is -1.01. The fraction of sp³-hybridized carbons (Fsp3) is 0.111. The van der Waals surface area contributed by atoms with Crippen molar-refractivity contribution in [2.45, 2.75) is 13.0 Å². The van der Waals surface area contributed by atoms with Gasteiger partial charge >= 0.3 is 5.97 Å². The Balaban J connectivity index is 2.08. The lowest BCUT2D eigenvalue weighted by molar-refractivity contribution is -0.115. The fourth-order valence-corrected chi connectivity index (χ4v) is 1.96. The molecule has 2 rings (SSSR count). The zero-order valence-electron chi connectivity index (χ0n) is 12.2. The molecule has 0 radical (unpaired) electrons. The van der Waals surface area contributed by atoms with E-state index in [1.807, 2.05) is 31.2 Å². The molecule has 1 atom stereocenters. The molecule has 3 N–H and O–H groups in total. The van der Waals surface area contributed by atoms with E-state index in [-0.39, 0.29) is 11.3 Å². The maximum Gasteiger partial charge on any atom is 0.335 e. The molecule has 4 nitrogen and oxygen atoms in total. The number of carboxylic acid groups (broad SMARTS) is 1. The number of ketones is 1. The van der Waals surface area contributed by atoms with Crippen LogP contribution in [0.3, 0.4) is 0 Å². The molecule has 2 aromatic rings. The predicted octanol–water partition coefficient (Wildman–Crippen LogP) is 2.98. The Morgan fingerprint density at radius 1 is 1.05 bits per heavy atom. The Labute approximate surface area is 128 Å². The average Bonchev–Trinajstić information content (AvgIpc) is 2.53. The van der Waals surface area contributed by atoms with Gasteiger partial charge in [-0.05, 0) is 36.3 Å². The Morgan fingerprint density at radius 2 is 1.64 bits per heavy atom. The molecule has 0 heterocycles. The Bertz CT molecular complexity index is 700. The summed E-state index contributed by atoms with van der Waals surface area (Å²) >= 11 is 0. The van der Waals surface area contributed by atoms with Crippen LogP contribution < -0.4 is 5.73 Å². The first-order chi connectivity index (χ1) is 10.5. The van der Waals surface area contributed by atoms with Gasteiger partial charge in [-0.3, -0.25) is 4.79 Å². The number of aryl methyl sites for hydroxylation is 1. The second-order valence-corrected chi connectivity index (χ2v) is 5.05. The molecule has 0 fully saturated rings. The number of nitrogens with two attached hydrogens (primary N) is 1. The molecule has 0 aliphatic rings. The second kappa shape index (κ2) is 6.83. The van der Waals surface area contributed by atoms with Crippen LogP contribution in [0.2, 0.25) is 0 Å². The minimum absolute atomic E-state index is 0.165. The number of aromatic carboxylic acids is 1. The number of carbonyl (C=O) groups excluding carboxylic acids is 1. The molecule has 1 unspecified atom stereocenters. The summed E-state index contributed by atoms with van der Waals surface area (Å²) in [6.45, 7) is 2.00. The lowest BCUT2D eigenvalue weighted by Crippen LogP contribution is -2.19. The number of hydrogen-bond acceptors (Lipinski definition) is 3. The van der Waals surface area contributed by atoms with Crippen LogP contribution in [0.15, 0.2) is 54.6 Å². The molecule has 0 amide bonds.